The highest BCUT2D eigenvalue weighted by atomic mass is 19.4. The summed E-state index contributed by atoms with van der Waals surface area (Å²) >= 11 is 0. The predicted molar refractivity (Wildman–Crippen MR) is 118 cm³/mol. The van der Waals surface area contributed by atoms with E-state index in [2.05, 4.69) is 27.1 Å². The standard InChI is InChI=1S/C22H32F3N7O/c1-15-16(30-11-7-26-8-12-30)14-32(15)18-13-17(27-20(28-18)22(23,24)25)31-9-5-21(6-10-31)4-3-19(33)29(21)2/h13,15-16,26H,3-12,14H2,1-2H3/t15-,16-/m1/s1. The van der Waals surface area contributed by atoms with Gasteiger partial charge >= 0.3 is 6.18 Å². The molecule has 182 valence electrons. The number of rotatable bonds is 3. The van der Waals surface area contributed by atoms with Crippen molar-refractivity contribution in [2.75, 3.05) is 62.7 Å². The monoisotopic (exact) mass is 467 g/mol. The molecule has 0 saturated carbocycles. The van der Waals surface area contributed by atoms with E-state index in [0.29, 0.717) is 43.7 Å². The first-order valence-corrected chi connectivity index (χ1v) is 11.9. The van der Waals surface area contributed by atoms with Gasteiger partial charge in [0.1, 0.15) is 11.6 Å². The first-order valence-electron chi connectivity index (χ1n) is 11.9. The van der Waals surface area contributed by atoms with Gasteiger partial charge in [-0.25, -0.2) is 9.97 Å². The van der Waals surface area contributed by atoms with E-state index in [4.69, 9.17) is 0 Å². The van der Waals surface area contributed by atoms with Gasteiger partial charge in [-0.1, -0.05) is 0 Å². The Balaban J connectivity index is 1.35. The highest BCUT2D eigenvalue weighted by molar-refractivity contribution is 5.79. The molecule has 5 heterocycles. The fourth-order valence-electron chi connectivity index (χ4n) is 5.86. The molecule has 8 nitrogen and oxygen atoms in total. The molecule has 4 fully saturated rings. The largest absolute Gasteiger partial charge is 0.451 e. The van der Waals surface area contributed by atoms with Crippen LogP contribution in [0, 0.1) is 0 Å². The summed E-state index contributed by atoms with van der Waals surface area (Å²) in [4.78, 5) is 28.0. The zero-order valence-corrected chi connectivity index (χ0v) is 19.2. The summed E-state index contributed by atoms with van der Waals surface area (Å²) < 4.78 is 41.0. The Hall–Kier alpha value is -2.14. The number of hydrogen-bond acceptors (Lipinski definition) is 7. The lowest BCUT2D eigenvalue weighted by atomic mass is 9.85. The summed E-state index contributed by atoms with van der Waals surface area (Å²) in [5.74, 6) is -0.258. The van der Waals surface area contributed by atoms with Gasteiger partial charge in [0.05, 0.1) is 0 Å². The SMILES string of the molecule is C[C@@H]1[C@H](N2CCNCC2)CN1c1cc(N2CCC3(CCC(=O)N3C)CC2)nc(C(F)(F)F)n1. The van der Waals surface area contributed by atoms with Crippen molar-refractivity contribution >= 4 is 17.5 Å². The van der Waals surface area contributed by atoms with E-state index in [1.165, 1.54) is 0 Å². The Morgan fingerprint density at radius 1 is 1.06 bits per heavy atom. The van der Waals surface area contributed by atoms with Crippen molar-refractivity contribution in [3.05, 3.63) is 11.9 Å². The summed E-state index contributed by atoms with van der Waals surface area (Å²) in [5.41, 5.74) is -0.168. The topological polar surface area (TPSA) is 67.8 Å². The quantitative estimate of drug-likeness (QED) is 0.724. The minimum Gasteiger partial charge on any atom is -0.356 e. The molecule has 4 aliphatic heterocycles. The van der Waals surface area contributed by atoms with Crippen LogP contribution in [0.3, 0.4) is 0 Å². The van der Waals surface area contributed by atoms with Crippen molar-refractivity contribution in [1.29, 1.82) is 0 Å². The third kappa shape index (κ3) is 4.03. The number of hydrogen-bond donors (Lipinski definition) is 1. The Bertz CT molecular complexity index is 896. The zero-order chi connectivity index (χ0) is 23.4. The average molecular weight is 468 g/mol. The minimum absolute atomic E-state index is 0.0923. The zero-order valence-electron chi connectivity index (χ0n) is 19.2. The van der Waals surface area contributed by atoms with Gasteiger partial charge in [0, 0.05) is 83.0 Å². The number of nitrogens with zero attached hydrogens (tertiary/aromatic N) is 6. The molecule has 0 unspecified atom stereocenters. The van der Waals surface area contributed by atoms with Gasteiger partial charge in [0.15, 0.2) is 0 Å². The van der Waals surface area contributed by atoms with Gasteiger partial charge in [0.25, 0.3) is 0 Å². The van der Waals surface area contributed by atoms with E-state index in [0.717, 1.165) is 45.4 Å². The molecule has 1 aromatic rings. The summed E-state index contributed by atoms with van der Waals surface area (Å²) in [6.45, 7) is 7.67. The maximum atomic E-state index is 13.7. The van der Waals surface area contributed by atoms with Crippen molar-refractivity contribution in [3.63, 3.8) is 0 Å². The van der Waals surface area contributed by atoms with Crippen LogP contribution in [-0.4, -0.2) is 96.2 Å². The smallest absolute Gasteiger partial charge is 0.356 e. The molecular formula is C22H32F3N7O. The van der Waals surface area contributed by atoms with E-state index >= 15 is 0 Å². The van der Waals surface area contributed by atoms with Crippen molar-refractivity contribution in [1.82, 2.24) is 25.1 Å². The molecule has 11 heteroatoms. The fraction of sp³-hybridized carbons (Fsp3) is 0.773. The lowest BCUT2D eigenvalue weighted by Crippen LogP contribution is -2.68. The van der Waals surface area contributed by atoms with Crippen LogP contribution in [0.2, 0.25) is 0 Å². The molecule has 0 radical (unpaired) electrons. The Morgan fingerprint density at radius 3 is 2.30 bits per heavy atom. The van der Waals surface area contributed by atoms with Gasteiger partial charge in [-0.05, 0) is 26.2 Å². The molecule has 0 bridgehead atoms. The number of amides is 1. The van der Waals surface area contributed by atoms with Crippen LogP contribution in [0.15, 0.2) is 6.07 Å². The second-order valence-electron chi connectivity index (χ2n) is 9.82. The van der Waals surface area contributed by atoms with Crippen LogP contribution in [0.5, 0.6) is 0 Å². The van der Waals surface area contributed by atoms with Crippen molar-refractivity contribution in [2.45, 2.75) is 56.4 Å². The van der Waals surface area contributed by atoms with Crippen LogP contribution < -0.4 is 15.1 Å². The van der Waals surface area contributed by atoms with Crippen molar-refractivity contribution in [3.8, 4) is 0 Å². The number of piperazine rings is 1. The molecule has 2 atom stereocenters. The molecule has 4 aliphatic rings. The number of likely N-dealkylation sites (tertiary alicyclic amines) is 1. The second kappa shape index (κ2) is 8.26. The van der Waals surface area contributed by atoms with Crippen LogP contribution in [0.4, 0.5) is 24.8 Å². The van der Waals surface area contributed by atoms with Crippen LogP contribution in [-0.2, 0) is 11.0 Å². The number of nitrogens with one attached hydrogen (secondary N) is 1. The number of halogens is 3. The molecule has 0 aromatic carbocycles. The van der Waals surface area contributed by atoms with Gasteiger partial charge in [-0.15, -0.1) is 0 Å². The number of carbonyl (C=O) groups excluding carboxylic acids is 1. The van der Waals surface area contributed by atoms with Gasteiger partial charge in [-0.2, -0.15) is 13.2 Å². The maximum absolute atomic E-state index is 13.7. The number of anilines is 2. The molecular weight excluding hydrogens is 435 g/mol. The van der Waals surface area contributed by atoms with E-state index in [1.807, 2.05) is 21.7 Å². The Morgan fingerprint density at radius 2 is 1.73 bits per heavy atom. The van der Waals surface area contributed by atoms with Crippen molar-refractivity contribution in [2.24, 2.45) is 0 Å². The summed E-state index contributed by atoms with van der Waals surface area (Å²) in [5, 5.41) is 3.34. The summed E-state index contributed by atoms with van der Waals surface area (Å²) in [6, 6.07) is 2.13. The van der Waals surface area contributed by atoms with Crippen LogP contribution in [0.25, 0.3) is 0 Å². The molecule has 1 amide bonds. The highest BCUT2D eigenvalue weighted by Gasteiger charge is 2.46. The maximum Gasteiger partial charge on any atom is 0.451 e. The predicted octanol–water partition coefficient (Wildman–Crippen LogP) is 1.57. The molecule has 4 saturated heterocycles. The van der Waals surface area contributed by atoms with Gasteiger partial charge in [0.2, 0.25) is 11.7 Å². The molecule has 33 heavy (non-hydrogen) atoms. The lowest BCUT2D eigenvalue weighted by molar-refractivity contribution is -0.144. The second-order valence-corrected chi connectivity index (χ2v) is 9.82. The average Bonchev–Trinajstić information content (AvgIpc) is 3.07. The highest BCUT2D eigenvalue weighted by Crippen LogP contribution is 2.40. The van der Waals surface area contributed by atoms with Crippen LogP contribution in [0.1, 0.15) is 38.4 Å². The lowest BCUT2D eigenvalue weighted by Gasteiger charge is -2.53. The third-order valence-electron chi connectivity index (χ3n) is 8.21. The summed E-state index contributed by atoms with van der Waals surface area (Å²) in [7, 11) is 1.84. The molecule has 5 rings (SSSR count). The molecule has 1 N–H and O–H groups in total. The normalized spacial score (nSPS) is 28.5. The number of piperidine rings is 1. The first-order chi connectivity index (χ1) is 15.7. The Labute approximate surface area is 192 Å². The molecule has 1 aromatic heterocycles. The third-order valence-corrected chi connectivity index (χ3v) is 8.21. The summed E-state index contributed by atoms with van der Waals surface area (Å²) in [6.07, 6.45) is -1.76. The van der Waals surface area contributed by atoms with Gasteiger partial charge in [-0.3, -0.25) is 9.69 Å². The number of aromatic nitrogens is 2. The van der Waals surface area contributed by atoms with E-state index in [-0.39, 0.29) is 17.5 Å². The van der Waals surface area contributed by atoms with Gasteiger partial charge < -0.3 is 20.0 Å². The number of carbonyl (C=O) groups is 1. The Kier molecular flexibility index (Phi) is 5.67. The number of alkyl halides is 3. The molecule has 0 aliphatic carbocycles. The van der Waals surface area contributed by atoms with Crippen LogP contribution >= 0.6 is 0 Å². The molecule has 1 spiro atoms. The first kappa shape index (κ1) is 22.6. The van der Waals surface area contributed by atoms with E-state index in [9.17, 15) is 18.0 Å². The van der Waals surface area contributed by atoms with E-state index in [1.54, 1.807) is 6.07 Å². The van der Waals surface area contributed by atoms with E-state index < -0.39 is 12.0 Å². The fourth-order valence-corrected chi connectivity index (χ4v) is 5.86. The minimum atomic E-state index is -4.61. The van der Waals surface area contributed by atoms with Crippen molar-refractivity contribution < 1.29 is 18.0 Å².